The fraction of sp³-hybridized carbons (Fsp3) is 0.143. The molecular formula is C21H21N3O. The van der Waals surface area contributed by atoms with E-state index in [2.05, 4.69) is 24.1 Å². The van der Waals surface area contributed by atoms with Crippen molar-refractivity contribution in [3.63, 3.8) is 0 Å². The van der Waals surface area contributed by atoms with Crippen LogP contribution in [0, 0.1) is 0 Å². The van der Waals surface area contributed by atoms with Gasteiger partial charge in [0, 0.05) is 23.5 Å². The van der Waals surface area contributed by atoms with E-state index < -0.39 is 0 Å². The number of carbonyl (C=O) groups excluding carboxylic acids is 1. The van der Waals surface area contributed by atoms with E-state index >= 15 is 0 Å². The minimum absolute atomic E-state index is 0.176. The summed E-state index contributed by atoms with van der Waals surface area (Å²) in [7, 11) is 0. The number of nitrogen functional groups attached to an aromatic ring is 1. The molecule has 1 heterocycles. The van der Waals surface area contributed by atoms with Crippen LogP contribution in [0.25, 0.3) is 11.1 Å². The van der Waals surface area contributed by atoms with E-state index in [1.807, 2.05) is 48.5 Å². The van der Waals surface area contributed by atoms with Crippen molar-refractivity contribution in [1.29, 1.82) is 0 Å². The van der Waals surface area contributed by atoms with Crippen LogP contribution < -0.4 is 11.1 Å². The van der Waals surface area contributed by atoms with Gasteiger partial charge in [0.2, 0.25) is 0 Å². The van der Waals surface area contributed by atoms with E-state index in [0.29, 0.717) is 22.9 Å². The van der Waals surface area contributed by atoms with Crippen LogP contribution in [-0.4, -0.2) is 10.9 Å². The molecule has 0 unspecified atom stereocenters. The maximum Gasteiger partial charge on any atom is 0.255 e. The number of pyridine rings is 1. The number of nitrogens with zero attached hydrogens (tertiary/aromatic N) is 1. The topological polar surface area (TPSA) is 68.0 Å². The van der Waals surface area contributed by atoms with E-state index in [0.717, 1.165) is 11.1 Å². The van der Waals surface area contributed by atoms with Crippen LogP contribution in [-0.2, 0) is 0 Å². The Bertz CT molecular complexity index is 871. The van der Waals surface area contributed by atoms with Crippen molar-refractivity contribution in [2.75, 3.05) is 11.1 Å². The molecule has 3 N–H and O–H groups in total. The van der Waals surface area contributed by atoms with E-state index in [4.69, 9.17) is 5.73 Å². The number of aromatic nitrogens is 1. The summed E-state index contributed by atoms with van der Waals surface area (Å²) in [5.74, 6) is 0.259. The van der Waals surface area contributed by atoms with Crippen molar-refractivity contribution in [3.8, 4) is 11.1 Å². The fourth-order valence-electron chi connectivity index (χ4n) is 2.59. The third-order valence-electron chi connectivity index (χ3n) is 4.14. The zero-order chi connectivity index (χ0) is 17.8. The van der Waals surface area contributed by atoms with Crippen LogP contribution in [0.3, 0.4) is 0 Å². The summed E-state index contributed by atoms with van der Waals surface area (Å²) < 4.78 is 0. The van der Waals surface area contributed by atoms with Crippen molar-refractivity contribution in [3.05, 3.63) is 78.1 Å². The van der Waals surface area contributed by atoms with Gasteiger partial charge in [-0.3, -0.25) is 9.78 Å². The second kappa shape index (κ2) is 7.18. The molecule has 3 aromatic rings. The van der Waals surface area contributed by atoms with E-state index in [-0.39, 0.29) is 5.91 Å². The normalized spacial score (nSPS) is 10.7. The molecule has 0 spiro atoms. The molecule has 4 nitrogen and oxygen atoms in total. The molecule has 0 radical (unpaired) electrons. The summed E-state index contributed by atoms with van der Waals surface area (Å²) in [6.45, 7) is 4.25. The lowest BCUT2D eigenvalue weighted by molar-refractivity contribution is 0.102. The molecule has 0 aliphatic carbocycles. The molecule has 0 atom stereocenters. The smallest absolute Gasteiger partial charge is 0.255 e. The van der Waals surface area contributed by atoms with Crippen molar-refractivity contribution in [1.82, 2.24) is 4.98 Å². The van der Waals surface area contributed by atoms with Gasteiger partial charge in [-0.05, 0) is 47.4 Å². The largest absolute Gasteiger partial charge is 0.397 e. The highest BCUT2D eigenvalue weighted by atomic mass is 16.1. The molecule has 0 aliphatic rings. The minimum atomic E-state index is -0.176. The van der Waals surface area contributed by atoms with Gasteiger partial charge in [0.1, 0.15) is 0 Å². The van der Waals surface area contributed by atoms with Crippen LogP contribution in [0.1, 0.15) is 35.7 Å². The SMILES string of the molecule is CC(C)c1ccc(C(=O)Nc2cc(-c3cccnc3)ccc2N)cc1. The lowest BCUT2D eigenvalue weighted by Gasteiger charge is -2.11. The monoisotopic (exact) mass is 331 g/mol. The molecule has 126 valence electrons. The molecule has 25 heavy (non-hydrogen) atoms. The highest BCUT2D eigenvalue weighted by Crippen LogP contribution is 2.27. The van der Waals surface area contributed by atoms with Crippen molar-refractivity contribution in [2.24, 2.45) is 0 Å². The number of anilines is 2. The summed E-state index contributed by atoms with van der Waals surface area (Å²) >= 11 is 0. The predicted octanol–water partition coefficient (Wildman–Crippen LogP) is 4.71. The van der Waals surface area contributed by atoms with Gasteiger partial charge in [0.05, 0.1) is 11.4 Å². The van der Waals surface area contributed by atoms with Gasteiger partial charge in [0.15, 0.2) is 0 Å². The highest BCUT2D eigenvalue weighted by Gasteiger charge is 2.10. The van der Waals surface area contributed by atoms with Crippen LogP contribution in [0.15, 0.2) is 67.0 Å². The lowest BCUT2D eigenvalue weighted by atomic mass is 10.0. The minimum Gasteiger partial charge on any atom is -0.397 e. The molecule has 0 saturated heterocycles. The Balaban J connectivity index is 1.83. The number of nitrogens with one attached hydrogen (secondary N) is 1. The number of rotatable bonds is 4. The van der Waals surface area contributed by atoms with Crippen LogP contribution in [0.5, 0.6) is 0 Å². The zero-order valence-electron chi connectivity index (χ0n) is 14.4. The Morgan fingerprint density at radius 2 is 1.80 bits per heavy atom. The maximum atomic E-state index is 12.5. The number of carbonyl (C=O) groups is 1. The van der Waals surface area contributed by atoms with Gasteiger partial charge in [-0.15, -0.1) is 0 Å². The molecule has 4 heteroatoms. The Kier molecular flexibility index (Phi) is 4.80. The molecule has 2 aromatic carbocycles. The first-order chi connectivity index (χ1) is 12.0. The maximum absolute atomic E-state index is 12.5. The summed E-state index contributed by atoms with van der Waals surface area (Å²) in [6.07, 6.45) is 3.51. The number of benzene rings is 2. The standard InChI is InChI=1S/C21H21N3O/c1-14(2)15-5-7-16(8-6-15)21(25)24-20-12-17(9-10-19(20)22)18-4-3-11-23-13-18/h3-14H,22H2,1-2H3,(H,24,25). The molecule has 1 aromatic heterocycles. The molecule has 0 saturated carbocycles. The van der Waals surface area contributed by atoms with Gasteiger partial charge >= 0.3 is 0 Å². The predicted molar refractivity (Wildman–Crippen MR) is 103 cm³/mol. The van der Waals surface area contributed by atoms with Crippen LogP contribution >= 0.6 is 0 Å². The van der Waals surface area contributed by atoms with E-state index in [1.165, 1.54) is 5.56 Å². The summed E-state index contributed by atoms with van der Waals surface area (Å²) in [4.78, 5) is 16.6. The van der Waals surface area contributed by atoms with E-state index in [9.17, 15) is 4.79 Å². The third-order valence-corrected chi connectivity index (χ3v) is 4.14. The third kappa shape index (κ3) is 3.86. The average Bonchev–Trinajstić information content (AvgIpc) is 2.64. The number of nitrogens with two attached hydrogens (primary N) is 1. The quantitative estimate of drug-likeness (QED) is 0.681. The Hall–Kier alpha value is -3.14. The molecule has 1 amide bonds. The Morgan fingerprint density at radius 1 is 1.04 bits per heavy atom. The summed E-state index contributed by atoms with van der Waals surface area (Å²) in [6, 6.07) is 17.1. The molecule has 0 bridgehead atoms. The molecule has 0 aliphatic heterocycles. The fourth-order valence-corrected chi connectivity index (χ4v) is 2.59. The summed E-state index contributed by atoms with van der Waals surface area (Å²) in [5, 5.41) is 2.90. The number of hydrogen-bond acceptors (Lipinski definition) is 3. The molecule has 0 fully saturated rings. The number of amides is 1. The van der Waals surface area contributed by atoms with Gasteiger partial charge in [-0.2, -0.15) is 0 Å². The molecular weight excluding hydrogens is 310 g/mol. The van der Waals surface area contributed by atoms with Crippen molar-refractivity contribution in [2.45, 2.75) is 19.8 Å². The second-order valence-corrected chi connectivity index (χ2v) is 6.27. The average molecular weight is 331 g/mol. The van der Waals surface area contributed by atoms with Crippen LogP contribution in [0.2, 0.25) is 0 Å². The first-order valence-corrected chi connectivity index (χ1v) is 8.26. The Morgan fingerprint density at radius 3 is 2.44 bits per heavy atom. The van der Waals surface area contributed by atoms with Crippen molar-refractivity contribution >= 4 is 17.3 Å². The second-order valence-electron chi connectivity index (χ2n) is 6.27. The lowest BCUT2D eigenvalue weighted by Crippen LogP contribution is -2.13. The Labute approximate surface area is 147 Å². The first kappa shape index (κ1) is 16.7. The van der Waals surface area contributed by atoms with Crippen LogP contribution in [0.4, 0.5) is 11.4 Å². The summed E-state index contributed by atoms with van der Waals surface area (Å²) in [5.41, 5.74) is 10.9. The van der Waals surface area contributed by atoms with Gasteiger partial charge in [0.25, 0.3) is 5.91 Å². The molecule has 3 rings (SSSR count). The first-order valence-electron chi connectivity index (χ1n) is 8.26. The van der Waals surface area contributed by atoms with Crippen molar-refractivity contribution < 1.29 is 4.79 Å². The van der Waals surface area contributed by atoms with Gasteiger partial charge in [-0.1, -0.05) is 38.1 Å². The highest BCUT2D eigenvalue weighted by molar-refractivity contribution is 6.06. The van der Waals surface area contributed by atoms with E-state index in [1.54, 1.807) is 18.5 Å². The van der Waals surface area contributed by atoms with Gasteiger partial charge < -0.3 is 11.1 Å². The zero-order valence-corrected chi connectivity index (χ0v) is 14.4. The van der Waals surface area contributed by atoms with Gasteiger partial charge in [-0.25, -0.2) is 0 Å². The number of hydrogen-bond donors (Lipinski definition) is 2.